The second-order valence-electron chi connectivity index (χ2n) is 4.91. The summed E-state index contributed by atoms with van der Waals surface area (Å²) in [7, 11) is 0. The fourth-order valence-corrected chi connectivity index (χ4v) is 2.56. The number of hydrogen-bond acceptors (Lipinski definition) is 3. The Morgan fingerprint density at radius 1 is 1.00 bits per heavy atom. The van der Waals surface area contributed by atoms with Gasteiger partial charge in [-0.25, -0.2) is 0 Å². The summed E-state index contributed by atoms with van der Waals surface area (Å²) in [6, 6.07) is 14.0. The highest BCUT2D eigenvalue weighted by atomic mass is 79.9. The lowest BCUT2D eigenvalue weighted by Crippen LogP contribution is -2.42. The summed E-state index contributed by atoms with van der Waals surface area (Å²) in [6.45, 7) is 0. The molecule has 0 aliphatic rings. The third-order valence-electron chi connectivity index (χ3n) is 3.32. The van der Waals surface area contributed by atoms with Gasteiger partial charge in [0.2, 0.25) is 0 Å². The number of hydrogen-bond donors (Lipinski definition) is 4. The van der Waals surface area contributed by atoms with Crippen LogP contribution in [0.25, 0.3) is 10.9 Å². The van der Waals surface area contributed by atoms with Gasteiger partial charge in [0.05, 0.1) is 5.56 Å². The lowest BCUT2D eigenvalue weighted by atomic mass is 10.2. The molecule has 2 amide bonds. The number of amides is 2. The first-order valence-electron chi connectivity index (χ1n) is 6.78. The maximum absolute atomic E-state index is 12.1. The van der Waals surface area contributed by atoms with Crippen LogP contribution >= 0.6 is 15.9 Å². The molecule has 6 nitrogen and oxygen atoms in total. The Hall–Kier alpha value is -2.80. The van der Waals surface area contributed by atoms with Crippen LogP contribution in [0.4, 0.5) is 5.69 Å². The van der Waals surface area contributed by atoms with Crippen molar-refractivity contribution >= 4 is 44.3 Å². The van der Waals surface area contributed by atoms with Crippen LogP contribution < -0.4 is 16.6 Å². The number of nitrogens with two attached hydrogens (primary N) is 1. The van der Waals surface area contributed by atoms with Crippen molar-refractivity contribution in [2.24, 2.45) is 0 Å². The van der Waals surface area contributed by atoms with Gasteiger partial charge < -0.3 is 10.7 Å². The number of nitrogens with one attached hydrogen (secondary N) is 3. The maximum Gasteiger partial charge on any atom is 0.286 e. The number of anilines is 1. The molecule has 3 rings (SSSR count). The normalized spacial score (nSPS) is 10.5. The SMILES string of the molecule is Nc1ccccc1C(=O)NNC(=O)c1cc2cc(Br)ccc2[nH]1. The highest BCUT2D eigenvalue weighted by Crippen LogP contribution is 2.20. The number of hydrazine groups is 1. The third kappa shape index (κ3) is 3.19. The number of aromatic nitrogens is 1. The summed E-state index contributed by atoms with van der Waals surface area (Å²) in [5.41, 5.74) is 12.2. The van der Waals surface area contributed by atoms with Crippen LogP contribution in [0, 0.1) is 0 Å². The van der Waals surface area contributed by atoms with Crippen molar-refractivity contribution in [1.29, 1.82) is 0 Å². The Kier molecular flexibility index (Phi) is 4.03. The molecular formula is C16H13BrN4O2. The van der Waals surface area contributed by atoms with Crippen molar-refractivity contribution in [2.45, 2.75) is 0 Å². The first-order chi connectivity index (χ1) is 11.0. The van der Waals surface area contributed by atoms with E-state index in [0.717, 1.165) is 15.4 Å². The summed E-state index contributed by atoms with van der Waals surface area (Å²) < 4.78 is 0.920. The number of rotatable bonds is 2. The van der Waals surface area contributed by atoms with E-state index in [2.05, 4.69) is 31.8 Å². The van der Waals surface area contributed by atoms with Gasteiger partial charge in [0.1, 0.15) is 5.69 Å². The molecule has 5 N–H and O–H groups in total. The second-order valence-corrected chi connectivity index (χ2v) is 5.83. The highest BCUT2D eigenvalue weighted by molar-refractivity contribution is 9.10. The van der Waals surface area contributed by atoms with Crippen LogP contribution in [0.3, 0.4) is 0 Å². The molecule has 1 heterocycles. The molecule has 0 saturated carbocycles. The quantitative estimate of drug-likeness (QED) is 0.410. The van der Waals surface area contributed by atoms with Crippen LogP contribution in [0.15, 0.2) is 53.0 Å². The summed E-state index contributed by atoms with van der Waals surface area (Å²) in [4.78, 5) is 27.1. The number of nitrogen functional groups attached to an aromatic ring is 1. The predicted molar refractivity (Wildman–Crippen MR) is 91.8 cm³/mol. The molecule has 0 bridgehead atoms. The highest BCUT2D eigenvalue weighted by Gasteiger charge is 2.13. The van der Waals surface area contributed by atoms with Gasteiger partial charge in [-0.3, -0.25) is 20.4 Å². The number of para-hydroxylation sites is 1. The van der Waals surface area contributed by atoms with Crippen molar-refractivity contribution in [3.63, 3.8) is 0 Å². The molecule has 116 valence electrons. The molecule has 0 saturated heterocycles. The first-order valence-corrected chi connectivity index (χ1v) is 7.57. The van der Waals surface area contributed by atoms with Crippen LogP contribution in [0.5, 0.6) is 0 Å². The summed E-state index contributed by atoms with van der Waals surface area (Å²) in [5.74, 6) is -0.921. The van der Waals surface area contributed by atoms with Crippen molar-refractivity contribution in [3.05, 3.63) is 64.3 Å². The largest absolute Gasteiger partial charge is 0.398 e. The minimum atomic E-state index is -0.477. The van der Waals surface area contributed by atoms with E-state index >= 15 is 0 Å². The zero-order valence-electron chi connectivity index (χ0n) is 11.9. The number of halogens is 1. The van der Waals surface area contributed by atoms with Crippen molar-refractivity contribution < 1.29 is 9.59 Å². The molecule has 7 heteroatoms. The van der Waals surface area contributed by atoms with Gasteiger partial charge in [0.15, 0.2) is 0 Å². The minimum Gasteiger partial charge on any atom is -0.398 e. The lowest BCUT2D eigenvalue weighted by Gasteiger charge is -2.08. The maximum atomic E-state index is 12.1. The van der Waals surface area contributed by atoms with E-state index in [-0.39, 0.29) is 0 Å². The molecule has 3 aromatic rings. The zero-order valence-corrected chi connectivity index (χ0v) is 13.5. The Morgan fingerprint density at radius 2 is 1.74 bits per heavy atom. The molecule has 0 fully saturated rings. The minimum absolute atomic E-state index is 0.299. The van der Waals surface area contributed by atoms with E-state index < -0.39 is 11.8 Å². The van der Waals surface area contributed by atoms with Crippen molar-refractivity contribution in [3.8, 4) is 0 Å². The standard InChI is InChI=1S/C16H13BrN4O2/c17-10-5-6-13-9(7-10)8-14(19-13)16(23)21-20-15(22)11-3-1-2-4-12(11)18/h1-8,19H,18H2,(H,20,22)(H,21,23). The molecule has 0 radical (unpaired) electrons. The fraction of sp³-hybridized carbons (Fsp3) is 0. The van der Waals surface area contributed by atoms with Gasteiger partial charge in [0.25, 0.3) is 11.8 Å². The molecule has 0 spiro atoms. The first kappa shape index (κ1) is 15.1. The third-order valence-corrected chi connectivity index (χ3v) is 3.82. The smallest absolute Gasteiger partial charge is 0.286 e. The molecule has 0 aliphatic heterocycles. The van der Waals surface area contributed by atoms with E-state index in [1.165, 1.54) is 0 Å². The number of benzene rings is 2. The van der Waals surface area contributed by atoms with Gasteiger partial charge in [-0.1, -0.05) is 28.1 Å². The number of carbonyl (C=O) groups excluding carboxylic acids is 2. The predicted octanol–water partition coefficient (Wildman–Crippen LogP) is 2.59. The van der Waals surface area contributed by atoms with Crippen molar-refractivity contribution in [2.75, 3.05) is 5.73 Å². The molecular weight excluding hydrogens is 360 g/mol. The van der Waals surface area contributed by atoms with E-state index in [1.807, 2.05) is 18.2 Å². The molecule has 1 aromatic heterocycles. The number of carbonyl (C=O) groups is 2. The topological polar surface area (TPSA) is 100 Å². The molecule has 0 atom stereocenters. The van der Waals surface area contributed by atoms with Crippen LogP contribution in [-0.4, -0.2) is 16.8 Å². The Bertz CT molecular complexity index is 904. The van der Waals surface area contributed by atoms with E-state index in [9.17, 15) is 9.59 Å². The van der Waals surface area contributed by atoms with Gasteiger partial charge >= 0.3 is 0 Å². The van der Waals surface area contributed by atoms with E-state index in [0.29, 0.717) is 16.9 Å². The van der Waals surface area contributed by atoms with Gasteiger partial charge in [-0.15, -0.1) is 0 Å². The van der Waals surface area contributed by atoms with Gasteiger partial charge in [-0.2, -0.15) is 0 Å². The second kappa shape index (κ2) is 6.13. The molecule has 2 aromatic carbocycles. The van der Waals surface area contributed by atoms with E-state index in [1.54, 1.807) is 30.3 Å². The number of H-pyrrole nitrogens is 1. The fourth-order valence-electron chi connectivity index (χ4n) is 2.18. The van der Waals surface area contributed by atoms with Crippen LogP contribution in [0.2, 0.25) is 0 Å². The number of fused-ring (bicyclic) bond motifs is 1. The summed E-state index contributed by atoms with van der Waals surface area (Å²) in [6.07, 6.45) is 0. The van der Waals surface area contributed by atoms with Gasteiger partial charge in [-0.05, 0) is 36.4 Å². The Labute approximate surface area is 140 Å². The summed E-state index contributed by atoms with van der Waals surface area (Å²) in [5, 5.41) is 0.892. The average molecular weight is 373 g/mol. The number of aromatic amines is 1. The van der Waals surface area contributed by atoms with Crippen LogP contribution in [-0.2, 0) is 0 Å². The van der Waals surface area contributed by atoms with Gasteiger partial charge in [0, 0.05) is 21.1 Å². The Balaban J connectivity index is 1.71. The molecule has 23 heavy (non-hydrogen) atoms. The molecule has 0 unspecified atom stereocenters. The monoisotopic (exact) mass is 372 g/mol. The van der Waals surface area contributed by atoms with E-state index in [4.69, 9.17) is 5.73 Å². The summed E-state index contributed by atoms with van der Waals surface area (Å²) >= 11 is 3.38. The van der Waals surface area contributed by atoms with Crippen molar-refractivity contribution in [1.82, 2.24) is 15.8 Å². The van der Waals surface area contributed by atoms with Crippen LogP contribution in [0.1, 0.15) is 20.8 Å². The lowest BCUT2D eigenvalue weighted by molar-refractivity contribution is 0.0845. The zero-order chi connectivity index (χ0) is 16.4. The molecule has 0 aliphatic carbocycles. The Morgan fingerprint density at radius 3 is 2.52 bits per heavy atom. The average Bonchev–Trinajstić information content (AvgIpc) is 2.95.